The van der Waals surface area contributed by atoms with E-state index in [9.17, 15) is 31.1 Å². The van der Waals surface area contributed by atoms with Crippen LogP contribution in [0.25, 0.3) is 0 Å². The van der Waals surface area contributed by atoms with E-state index in [1.807, 2.05) is 0 Å². The molecule has 1 N–H and O–H groups in total. The molecule has 126 valence electrons. The maximum absolute atomic E-state index is 12.9. The number of urea groups is 1. The summed E-state index contributed by atoms with van der Waals surface area (Å²) in [5.74, 6) is 0. The number of alkyl halides is 6. The zero-order valence-corrected chi connectivity index (χ0v) is 11.6. The Morgan fingerprint density at radius 1 is 1.00 bits per heavy atom. The molecule has 2 saturated heterocycles. The highest BCUT2D eigenvalue weighted by Crippen LogP contribution is 2.40. The summed E-state index contributed by atoms with van der Waals surface area (Å²) in [6, 6.07) is -0.277. The van der Waals surface area contributed by atoms with Gasteiger partial charge in [-0.15, -0.1) is 0 Å². The van der Waals surface area contributed by atoms with Gasteiger partial charge < -0.3 is 10.2 Å². The van der Waals surface area contributed by atoms with Gasteiger partial charge in [0.05, 0.1) is 23.2 Å². The van der Waals surface area contributed by atoms with Gasteiger partial charge in [-0.2, -0.15) is 26.3 Å². The Kier molecular flexibility index (Phi) is 3.49. The van der Waals surface area contributed by atoms with E-state index < -0.39 is 41.6 Å². The Hall–Kier alpha value is -1.93. The maximum Gasteiger partial charge on any atom is 0.416 e. The molecule has 2 aliphatic rings. The lowest BCUT2D eigenvalue weighted by molar-refractivity contribution is -0.143. The predicted octanol–water partition coefficient (Wildman–Crippen LogP) is 3.95. The van der Waals surface area contributed by atoms with E-state index >= 15 is 0 Å². The third-order valence-electron chi connectivity index (χ3n) is 4.19. The smallest absolute Gasteiger partial charge is 0.329 e. The van der Waals surface area contributed by atoms with Crippen LogP contribution < -0.4 is 5.32 Å². The SMILES string of the molecule is O=C1NC(c2cc(C(F)(F)F)cc(C(F)(F)F)c2)C2CCCN12. The first-order chi connectivity index (χ1) is 10.6. The number of halogens is 6. The van der Waals surface area contributed by atoms with Crippen molar-refractivity contribution in [2.24, 2.45) is 0 Å². The van der Waals surface area contributed by atoms with Crippen molar-refractivity contribution in [3.05, 3.63) is 34.9 Å². The van der Waals surface area contributed by atoms with Crippen LogP contribution in [0, 0.1) is 0 Å². The van der Waals surface area contributed by atoms with Gasteiger partial charge in [-0.3, -0.25) is 0 Å². The van der Waals surface area contributed by atoms with Crippen LogP contribution in [0.1, 0.15) is 35.6 Å². The predicted molar refractivity (Wildman–Crippen MR) is 67.4 cm³/mol. The average molecular weight is 338 g/mol. The van der Waals surface area contributed by atoms with Gasteiger partial charge in [0.15, 0.2) is 0 Å². The highest BCUT2D eigenvalue weighted by Gasteiger charge is 2.44. The van der Waals surface area contributed by atoms with Crippen LogP contribution in [0.2, 0.25) is 0 Å². The molecule has 2 atom stereocenters. The van der Waals surface area contributed by atoms with Gasteiger partial charge in [0.1, 0.15) is 0 Å². The molecule has 0 bridgehead atoms. The highest BCUT2D eigenvalue weighted by molar-refractivity contribution is 5.78. The number of nitrogens with zero attached hydrogens (tertiary/aromatic N) is 1. The van der Waals surface area contributed by atoms with Crippen LogP contribution in [0.5, 0.6) is 0 Å². The Labute approximate surface area is 127 Å². The summed E-state index contributed by atoms with van der Waals surface area (Å²) in [6.07, 6.45) is -8.57. The highest BCUT2D eigenvalue weighted by atomic mass is 19.4. The standard InChI is InChI=1S/C14H12F6N2O/c15-13(16,17)8-4-7(5-9(6-8)14(18,19)20)11-10-2-1-3-22(10)12(23)21-11/h4-6,10-11H,1-3H2,(H,21,23). The van der Waals surface area contributed by atoms with Gasteiger partial charge in [0.25, 0.3) is 0 Å². The van der Waals surface area contributed by atoms with E-state index in [2.05, 4.69) is 5.32 Å². The molecule has 23 heavy (non-hydrogen) atoms. The first kappa shape index (κ1) is 15.9. The summed E-state index contributed by atoms with van der Waals surface area (Å²) in [6.45, 7) is 0.456. The molecule has 1 aromatic carbocycles. The minimum atomic E-state index is -4.89. The number of hydrogen-bond acceptors (Lipinski definition) is 1. The Morgan fingerprint density at radius 2 is 1.57 bits per heavy atom. The van der Waals surface area contributed by atoms with Crippen LogP contribution in [0.4, 0.5) is 31.1 Å². The van der Waals surface area contributed by atoms with Gasteiger partial charge in [-0.05, 0) is 36.6 Å². The first-order valence-electron chi connectivity index (χ1n) is 6.94. The fourth-order valence-corrected chi connectivity index (χ4v) is 3.17. The number of nitrogens with one attached hydrogen (secondary N) is 1. The molecule has 2 heterocycles. The van der Waals surface area contributed by atoms with E-state index in [-0.39, 0.29) is 11.6 Å². The quantitative estimate of drug-likeness (QED) is 0.773. The van der Waals surface area contributed by atoms with Gasteiger partial charge >= 0.3 is 18.4 Å². The zero-order chi connectivity index (χ0) is 17.0. The molecule has 9 heteroatoms. The molecule has 2 unspecified atom stereocenters. The van der Waals surface area contributed by atoms with Gasteiger partial charge in [0, 0.05) is 6.54 Å². The van der Waals surface area contributed by atoms with Crippen molar-refractivity contribution in [1.82, 2.24) is 10.2 Å². The molecule has 2 aliphatic heterocycles. The summed E-state index contributed by atoms with van der Waals surface area (Å²) in [5.41, 5.74) is -2.91. The molecule has 0 radical (unpaired) electrons. The fraction of sp³-hybridized carbons (Fsp3) is 0.500. The summed E-state index contributed by atoms with van der Waals surface area (Å²) < 4.78 is 77.4. The molecule has 0 saturated carbocycles. The molecular weight excluding hydrogens is 326 g/mol. The number of amides is 2. The van der Waals surface area contributed by atoms with E-state index in [0.29, 0.717) is 31.5 Å². The largest absolute Gasteiger partial charge is 0.416 e. The molecule has 1 aromatic rings. The average Bonchev–Trinajstić information content (AvgIpc) is 3.01. The van der Waals surface area contributed by atoms with Crippen LogP contribution in [0.3, 0.4) is 0 Å². The minimum Gasteiger partial charge on any atom is -0.329 e. The first-order valence-corrected chi connectivity index (χ1v) is 6.94. The third-order valence-corrected chi connectivity index (χ3v) is 4.19. The second-order valence-electron chi connectivity index (χ2n) is 5.67. The second-order valence-corrected chi connectivity index (χ2v) is 5.67. The van der Waals surface area contributed by atoms with Crippen LogP contribution in [-0.4, -0.2) is 23.5 Å². The maximum atomic E-state index is 12.9. The topological polar surface area (TPSA) is 32.3 Å². The molecule has 2 amide bonds. The number of carbonyl (C=O) groups is 1. The van der Waals surface area contributed by atoms with E-state index in [1.165, 1.54) is 4.90 Å². The number of benzene rings is 1. The number of rotatable bonds is 1. The van der Waals surface area contributed by atoms with E-state index in [1.54, 1.807) is 0 Å². The van der Waals surface area contributed by atoms with Crippen molar-refractivity contribution in [1.29, 1.82) is 0 Å². The lowest BCUT2D eigenvalue weighted by Crippen LogP contribution is -2.28. The molecule has 0 aromatic heterocycles. The molecule has 3 nitrogen and oxygen atoms in total. The molecular formula is C14H12F6N2O. The van der Waals surface area contributed by atoms with Crippen molar-refractivity contribution in [2.75, 3.05) is 6.54 Å². The number of fused-ring (bicyclic) bond motifs is 1. The summed E-state index contributed by atoms with van der Waals surface area (Å²) in [7, 11) is 0. The van der Waals surface area contributed by atoms with Gasteiger partial charge in [-0.1, -0.05) is 0 Å². The van der Waals surface area contributed by atoms with E-state index in [0.717, 1.165) is 0 Å². The Bertz CT molecular complexity index is 607. The van der Waals surface area contributed by atoms with E-state index in [4.69, 9.17) is 0 Å². The number of carbonyl (C=O) groups excluding carboxylic acids is 1. The summed E-state index contributed by atoms with van der Waals surface area (Å²) in [5, 5.41) is 2.48. The fourth-order valence-electron chi connectivity index (χ4n) is 3.17. The van der Waals surface area contributed by atoms with Crippen molar-refractivity contribution >= 4 is 6.03 Å². The van der Waals surface area contributed by atoms with Crippen LogP contribution in [0.15, 0.2) is 18.2 Å². The van der Waals surface area contributed by atoms with Crippen molar-refractivity contribution in [3.63, 3.8) is 0 Å². The van der Waals surface area contributed by atoms with Crippen LogP contribution >= 0.6 is 0 Å². The third kappa shape index (κ3) is 2.84. The van der Waals surface area contributed by atoms with Crippen molar-refractivity contribution < 1.29 is 31.1 Å². The minimum absolute atomic E-state index is 0.0900. The monoisotopic (exact) mass is 338 g/mol. The molecule has 0 spiro atoms. The Morgan fingerprint density at radius 3 is 2.09 bits per heavy atom. The lowest BCUT2D eigenvalue weighted by Gasteiger charge is -2.21. The van der Waals surface area contributed by atoms with Gasteiger partial charge in [-0.25, -0.2) is 4.79 Å². The second kappa shape index (κ2) is 5.04. The molecule has 3 rings (SSSR count). The van der Waals surface area contributed by atoms with Gasteiger partial charge in [0.2, 0.25) is 0 Å². The van der Waals surface area contributed by atoms with Crippen molar-refractivity contribution in [3.8, 4) is 0 Å². The molecule has 2 fully saturated rings. The molecule has 0 aliphatic carbocycles. The normalized spacial score (nSPS) is 24.8. The number of hydrogen-bond donors (Lipinski definition) is 1. The van der Waals surface area contributed by atoms with Crippen LogP contribution in [-0.2, 0) is 12.4 Å². The lowest BCUT2D eigenvalue weighted by atomic mass is 9.95. The zero-order valence-electron chi connectivity index (χ0n) is 11.6. The Balaban J connectivity index is 2.06. The van der Waals surface area contributed by atoms with Crippen molar-refractivity contribution in [2.45, 2.75) is 37.3 Å². The summed E-state index contributed by atoms with van der Waals surface area (Å²) >= 11 is 0. The summed E-state index contributed by atoms with van der Waals surface area (Å²) in [4.78, 5) is 13.2.